The van der Waals surface area contributed by atoms with Crippen molar-refractivity contribution >= 4 is 44.1 Å². The molecule has 0 saturated carbocycles. The molecule has 0 aliphatic heterocycles. The molecule has 0 bridgehead atoms. The molecule has 1 aromatic heterocycles. The quantitative estimate of drug-likeness (QED) is 0.626. The Bertz CT molecular complexity index is 1000. The number of halogens is 2. The molecule has 126 valence electrons. The van der Waals surface area contributed by atoms with Crippen LogP contribution in [0.1, 0.15) is 5.56 Å². The number of nitrogens with one attached hydrogen (secondary N) is 2. The van der Waals surface area contributed by atoms with E-state index in [4.69, 9.17) is 23.2 Å². The van der Waals surface area contributed by atoms with Crippen LogP contribution in [0.25, 0.3) is 10.9 Å². The number of rotatable bonds is 5. The van der Waals surface area contributed by atoms with Gasteiger partial charge in [-0.3, -0.25) is 0 Å². The second-order valence-corrected chi connectivity index (χ2v) is 7.79. The molecule has 0 atom stereocenters. The number of aromatic nitrogens is 1. The monoisotopic (exact) mass is 384 g/mol. The highest BCUT2D eigenvalue weighted by Crippen LogP contribution is 2.32. The van der Waals surface area contributed by atoms with Gasteiger partial charge in [0.05, 0.1) is 10.0 Å². The number of hydrogen-bond acceptors (Lipinski definition) is 3. The molecule has 3 rings (SSSR count). The number of aromatic hydroxyl groups is 1. The maximum atomic E-state index is 12.4. The van der Waals surface area contributed by atoms with Crippen LogP contribution in [0, 0.1) is 0 Å². The van der Waals surface area contributed by atoms with E-state index in [9.17, 15) is 13.5 Å². The van der Waals surface area contributed by atoms with E-state index < -0.39 is 10.0 Å². The first-order valence-corrected chi connectivity index (χ1v) is 9.35. The fraction of sp³-hybridized carbons (Fsp3) is 0.125. The number of aromatic amines is 1. The number of phenols is 1. The summed E-state index contributed by atoms with van der Waals surface area (Å²) in [6.45, 7) is 0.207. The molecular formula is C16H14Cl2N2O3S. The lowest BCUT2D eigenvalue weighted by molar-refractivity contribution is 0.475. The van der Waals surface area contributed by atoms with Crippen molar-refractivity contribution in [1.29, 1.82) is 0 Å². The van der Waals surface area contributed by atoms with E-state index in [0.717, 1.165) is 28.6 Å². The van der Waals surface area contributed by atoms with Crippen molar-refractivity contribution in [2.45, 2.75) is 11.3 Å². The van der Waals surface area contributed by atoms with E-state index in [1.165, 1.54) is 0 Å². The number of hydrogen-bond donors (Lipinski definition) is 3. The summed E-state index contributed by atoms with van der Waals surface area (Å²) in [5.41, 5.74) is 2.02. The Morgan fingerprint density at radius 1 is 1.12 bits per heavy atom. The number of fused-ring (bicyclic) bond motifs is 1. The van der Waals surface area contributed by atoms with Crippen LogP contribution in [0.2, 0.25) is 10.0 Å². The normalized spacial score (nSPS) is 11.9. The van der Waals surface area contributed by atoms with Crippen molar-refractivity contribution in [1.82, 2.24) is 9.71 Å². The standard InChI is InChI=1S/C16H14Cl2N2O3S/c17-12-8-16(13(18)7-15(12)21)24(22,23)20-6-5-10-9-19-14-4-2-1-3-11(10)14/h1-4,7-9,19-21H,5-6H2. The van der Waals surface area contributed by atoms with E-state index in [0.29, 0.717) is 6.42 Å². The lowest BCUT2D eigenvalue weighted by Crippen LogP contribution is -2.26. The minimum Gasteiger partial charge on any atom is -0.506 e. The first kappa shape index (κ1) is 17.1. The van der Waals surface area contributed by atoms with E-state index in [1.807, 2.05) is 30.5 Å². The maximum absolute atomic E-state index is 12.4. The predicted molar refractivity (Wildman–Crippen MR) is 95.3 cm³/mol. The second kappa shape index (κ2) is 6.64. The Morgan fingerprint density at radius 2 is 1.88 bits per heavy atom. The van der Waals surface area contributed by atoms with Crippen molar-refractivity contribution in [3.63, 3.8) is 0 Å². The van der Waals surface area contributed by atoms with Gasteiger partial charge >= 0.3 is 0 Å². The SMILES string of the molecule is O=S(=O)(NCCc1c[nH]c2ccccc12)c1cc(Cl)c(O)cc1Cl. The van der Waals surface area contributed by atoms with Gasteiger partial charge < -0.3 is 10.1 Å². The third kappa shape index (κ3) is 3.37. The number of benzene rings is 2. The molecule has 0 unspecified atom stereocenters. The van der Waals surface area contributed by atoms with Crippen LogP contribution in [0.15, 0.2) is 47.5 Å². The highest BCUT2D eigenvalue weighted by molar-refractivity contribution is 7.89. The van der Waals surface area contributed by atoms with Gasteiger partial charge in [-0.1, -0.05) is 41.4 Å². The van der Waals surface area contributed by atoms with Crippen molar-refractivity contribution in [3.8, 4) is 5.75 Å². The third-order valence-corrected chi connectivity index (χ3v) is 5.88. The molecule has 0 aliphatic carbocycles. The van der Waals surface area contributed by atoms with E-state index in [-0.39, 0.29) is 27.2 Å². The summed E-state index contributed by atoms with van der Waals surface area (Å²) < 4.78 is 27.2. The van der Waals surface area contributed by atoms with Crippen LogP contribution in [-0.2, 0) is 16.4 Å². The van der Waals surface area contributed by atoms with Crippen molar-refractivity contribution in [2.24, 2.45) is 0 Å². The van der Waals surface area contributed by atoms with Crippen LogP contribution in [0.3, 0.4) is 0 Å². The van der Waals surface area contributed by atoms with E-state index in [2.05, 4.69) is 9.71 Å². The molecule has 3 N–H and O–H groups in total. The van der Waals surface area contributed by atoms with Crippen LogP contribution in [-0.4, -0.2) is 25.1 Å². The molecule has 3 aromatic rings. The summed E-state index contributed by atoms with van der Waals surface area (Å²) in [5, 5.41) is 10.4. The number of sulfonamides is 1. The zero-order valence-corrected chi connectivity index (χ0v) is 14.7. The van der Waals surface area contributed by atoms with Gasteiger partial charge in [-0.2, -0.15) is 0 Å². The Balaban J connectivity index is 1.75. The van der Waals surface area contributed by atoms with Gasteiger partial charge in [-0.25, -0.2) is 13.1 Å². The molecule has 0 fully saturated rings. The van der Waals surface area contributed by atoms with E-state index >= 15 is 0 Å². The van der Waals surface area contributed by atoms with E-state index in [1.54, 1.807) is 0 Å². The van der Waals surface area contributed by atoms with Crippen LogP contribution < -0.4 is 4.72 Å². The molecular weight excluding hydrogens is 371 g/mol. The highest BCUT2D eigenvalue weighted by Gasteiger charge is 2.20. The average molecular weight is 385 g/mol. The second-order valence-electron chi connectivity index (χ2n) is 5.24. The van der Waals surface area contributed by atoms with Crippen LogP contribution in [0.5, 0.6) is 5.75 Å². The van der Waals surface area contributed by atoms with Gasteiger partial charge in [0.25, 0.3) is 0 Å². The molecule has 0 spiro atoms. The van der Waals surface area contributed by atoms with Crippen LogP contribution >= 0.6 is 23.2 Å². The first-order valence-electron chi connectivity index (χ1n) is 7.11. The van der Waals surface area contributed by atoms with Gasteiger partial charge in [-0.05, 0) is 24.1 Å². The molecule has 5 nitrogen and oxygen atoms in total. The Labute approximate surface area is 149 Å². The lowest BCUT2D eigenvalue weighted by atomic mass is 10.1. The maximum Gasteiger partial charge on any atom is 0.242 e. The summed E-state index contributed by atoms with van der Waals surface area (Å²) in [5.74, 6) is -0.264. The fourth-order valence-corrected chi connectivity index (χ4v) is 4.27. The number of phenolic OH excluding ortho intramolecular Hbond substituents is 1. The Kier molecular flexibility index (Phi) is 4.73. The van der Waals surface area contributed by atoms with Crippen LogP contribution in [0.4, 0.5) is 0 Å². The topological polar surface area (TPSA) is 82.2 Å². The molecule has 0 radical (unpaired) electrons. The minimum absolute atomic E-state index is 0.0728. The molecule has 8 heteroatoms. The Hall–Kier alpha value is -1.73. The zero-order chi connectivity index (χ0) is 17.3. The zero-order valence-electron chi connectivity index (χ0n) is 12.4. The summed E-state index contributed by atoms with van der Waals surface area (Å²) >= 11 is 11.7. The lowest BCUT2D eigenvalue weighted by Gasteiger charge is -2.09. The van der Waals surface area contributed by atoms with Gasteiger partial charge in [0.2, 0.25) is 10.0 Å². The molecule has 24 heavy (non-hydrogen) atoms. The molecule has 0 aliphatic rings. The number of H-pyrrole nitrogens is 1. The molecule has 1 heterocycles. The summed E-state index contributed by atoms with van der Waals surface area (Å²) in [6, 6.07) is 10.0. The van der Waals surface area contributed by atoms with Crippen molar-refractivity contribution in [3.05, 3.63) is 58.2 Å². The number of para-hydroxylation sites is 1. The summed E-state index contributed by atoms with van der Waals surface area (Å²) in [6.07, 6.45) is 2.38. The first-order chi connectivity index (χ1) is 11.4. The molecule has 0 amide bonds. The molecule has 0 saturated heterocycles. The smallest absolute Gasteiger partial charge is 0.242 e. The minimum atomic E-state index is -3.82. The van der Waals surface area contributed by atoms with Gasteiger partial charge in [0.15, 0.2) is 0 Å². The Morgan fingerprint density at radius 3 is 2.67 bits per heavy atom. The third-order valence-electron chi connectivity index (χ3n) is 3.65. The van der Waals surface area contributed by atoms with Crippen molar-refractivity contribution in [2.75, 3.05) is 6.54 Å². The summed E-state index contributed by atoms with van der Waals surface area (Å²) in [4.78, 5) is 2.99. The average Bonchev–Trinajstić information content (AvgIpc) is 2.94. The van der Waals surface area contributed by atoms with Gasteiger partial charge in [-0.15, -0.1) is 0 Å². The highest BCUT2D eigenvalue weighted by atomic mass is 35.5. The summed E-state index contributed by atoms with van der Waals surface area (Å²) in [7, 11) is -3.82. The van der Waals surface area contributed by atoms with Gasteiger partial charge in [0.1, 0.15) is 10.6 Å². The predicted octanol–water partition coefficient (Wildman–Crippen LogP) is 3.70. The van der Waals surface area contributed by atoms with Gasteiger partial charge in [0, 0.05) is 29.7 Å². The fourth-order valence-electron chi connectivity index (χ4n) is 2.46. The largest absolute Gasteiger partial charge is 0.506 e. The molecule has 2 aromatic carbocycles. The van der Waals surface area contributed by atoms with Crippen molar-refractivity contribution < 1.29 is 13.5 Å².